The minimum Gasteiger partial charge on any atom is -0.494 e. The molecule has 0 saturated heterocycles. The van der Waals surface area contributed by atoms with Crippen LogP contribution in [0.3, 0.4) is 0 Å². The lowest BCUT2D eigenvalue weighted by molar-refractivity contribution is -0.115. The van der Waals surface area contributed by atoms with Gasteiger partial charge in [-0.15, -0.1) is 11.3 Å². The summed E-state index contributed by atoms with van der Waals surface area (Å²) >= 11 is 1.50. The number of amides is 1. The maximum atomic E-state index is 12.7. The number of rotatable bonds is 7. The molecule has 2 N–H and O–H groups in total. The maximum Gasteiger partial charge on any atom is 0.229 e. The summed E-state index contributed by atoms with van der Waals surface area (Å²) in [6, 6.07) is 12.8. The zero-order valence-electron chi connectivity index (χ0n) is 17.1. The van der Waals surface area contributed by atoms with Crippen molar-refractivity contribution in [1.29, 1.82) is 0 Å². The Kier molecular flexibility index (Phi) is 6.42. The molecule has 0 bridgehead atoms. The van der Waals surface area contributed by atoms with Crippen LogP contribution in [0.5, 0.6) is 5.75 Å². The summed E-state index contributed by atoms with van der Waals surface area (Å²) in [7, 11) is -2.01. The summed E-state index contributed by atoms with van der Waals surface area (Å²) in [5.74, 6) is 0.116. The lowest BCUT2D eigenvalue weighted by Gasteiger charge is -2.12. The van der Waals surface area contributed by atoms with Gasteiger partial charge in [-0.05, 0) is 26.0 Å². The number of nitrogens with one attached hydrogen (secondary N) is 2. The summed E-state index contributed by atoms with van der Waals surface area (Å²) in [5.41, 5.74) is 3.77. The summed E-state index contributed by atoms with van der Waals surface area (Å²) in [6.07, 6.45) is 1.24. The third-order valence-corrected chi connectivity index (χ3v) is 5.79. The molecule has 0 spiro atoms. The van der Waals surface area contributed by atoms with Gasteiger partial charge >= 0.3 is 0 Å². The molecule has 9 heteroatoms. The van der Waals surface area contributed by atoms with Crippen LogP contribution < -0.4 is 14.8 Å². The van der Waals surface area contributed by atoms with Gasteiger partial charge in [0.15, 0.2) is 0 Å². The van der Waals surface area contributed by atoms with Crippen molar-refractivity contribution in [3.05, 3.63) is 57.9 Å². The number of carbonyl (C=O) groups is 1. The fourth-order valence-electron chi connectivity index (χ4n) is 2.93. The average molecular weight is 446 g/mol. The van der Waals surface area contributed by atoms with Gasteiger partial charge in [0.25, 0.3) is 0 Å². The second kappa shape index (κ2) is 8.85. The van der Waals surface area contributed by atoms with Gasteiger partial charge in [-0.1, -0.05) is 29.8 Å². The van der Waals surface area contributed by atoms with Crippen molar-refractivity contribution in [2.45, 2.75) is 20.3 Å². The molecule has 1 amide bonds. The second-order valence-electron chi connectivity index (χ2n) is 6.88. The van der Waals surface area contributed by atoms with Crippen LogP contribution in [0.15, 0.2) is 42.5 Å². The number of aryl methyl sites for hydroxylation is 2. The van der Waals surface area contributed by atoms with Crippen molar-refractivity contribution < 1.29 is 17.9 Å². The number of hydrogen-bond acceptors (Lipinski definition) is 6. The topological polar surface area (TPSA) is 97.4 Å². The van der Waals surface area contributed by atoms with Crippen molar-refractivity contribution in [3.8, 4) is 17.0 Å². The van der Waals surface area contributed by atoms with E-state index in [0.717, 1.165) is 33.0 Å². The molecule has 158 valence electrons. The van der Waals surface area contributed by atoms with Crippen LogP contribution in [0, 0.1) is 13.8 Å². The van der Waals surface area contributed by atoms with E-state index >= 15 is 0 Å². The maximum absolute atomic E-state index is 12.7. The summed E-state index contributed by atoms with van der Waals surface area (Å²) in [4.78, 5) is 18.1. The molecule has 3 aromatic rings. The first-order chi connectivity index (χ1) is 14.1. The number of anilines is 2. The molecule has 0 radical (unpaired) electrons. The molecular weight excluding hydrogens is 422 g/mol. The molecule has 0 atom stereocenters. The van der Waals surface area contributed by atoms with E-state index < -0.39 is 10.0 Å². The van der Waals surface area contributed by atoms with E-state index in [-0.39, 0.29) is 12.3 Å². The van der Waals surface area contributed by atoms with Crippen LogP contribution in [0.1, 0.15) is 15.4 Å². The number of ether oxygens (including phenoxy) is 1. The Morgan fingerprint density at radius 1 is 1.13 bits per heavy atom. The number of nitrogens with zero attached hydrogens (tertiary/aromatic N) is 1. The highest BCUT2D eigenvalue weighted by molar-refractivity contribution is 7.92. The minimum absolute atomic E-state index is 0.181. The first-order valence-electron chi connectivity index (χ1n) is 9.13. The van der Waals surface area contributed by atoms with E-state index in [2.05, 4.69) is 15.0 Å². The minimum atomic E-state index is -3.44. The monoisotopic (exact) mass is 445 g/mol. The largest absolute Gasteiger partial charge is 0.494 e. The first kappa shape index (κ1) is 21.8. The highest BCUT2D eigenvalue weighted by atomic mass is 32.2. The van der Waals surface area contributed by atoms with Gasteiger partial charge in [0.05, 0.1) is 36.2 Å². The third kappa shape index (κ3) is 5.58. The molecule has 0 fully saturated rings. The van der Waals surface area contributed by atoms with E-state index in [1.54, 1.807) is 18.2 Å². The number of hydrogen-bond donors (Lipinski definition) is 2. The fourth-order valence-corrected chi connectivity index (χ4v) is 4.46. The fraction of sp³-hybridized carbons (Fsp3) is 0.238. The highest BCUT2D eigenvalue weighted by Gasteiger charge is 2.16. The molecule has 0 saturated carbocycles. The molecule has 3 rings (SSSR count). The van der Waals surface area contributed by atoms with Crippen molar-refractivity contribution in [2.75, 3.05) is 23.4 Å². The highest BCUT2D eigenvalue weighted by Crippen LogP contribution is 2.31. The Balaban J connectivity index is 1.77. The Labute approximate surface area is 180 Å². The Bertz CT molecular complexity index is 1170. The second-order valence-corrected chi connectivity index (χ2v) is 9.92. The number of thiazole rings is 1. The van der Waals surface area contributed by atoms with Gasteiger partial charge < -0.3 is 10.1 Å². The lowest BCUT2D eigenvalue weighted by atomic mass is 10.1. The van der Waals surface area contributed by atoms with Crippen molar-refractivity contribution in [2.24, 2.45) is 0 Å². The normalized spacial score (nSPS) is 11.2. The molecule has 30 heavy (non-hydrogen) atoms. The zero-order valence-corrected chi connectivity index (χ0v) is 18.8. The molecule has 1 aromatic heterocycles. The van der Waals surface area contributed by atoms with E-state index in [9.17, 15) is 13.2 Å². The van der Waals surface area contributed by atoms with Gasteiger partial charge in [-0.2, -0.15) is 0 Å². The summed E-state index contributed by atoms with van der Waals surface area (Å²) in [5, 5.41) is 3.73. The van der Waals surface area contributed by atoms with Crippen LogP contribution >= 0.6 is 11.3 Å². The quantitative estimate of drug-likeness (QED) is 0.573. The van der Waals surface area contributed by atoms with E-state index in [4.69, 9.17) is 4.74 Å². The van der Waals surface area contributed by atoms with E-state index in [1.165, 1.54) is 18.4 Å². The Morgan fingerprint density at radius 2 is 1.83 bits per heavy atom. The molecule has 0 aliphatic rings. The summed E-state index contributed by atoms with van der Waals surface area (Å²) < 4.78 is 30.5. The first-order valence-corrected chi connectivity index (χ1v) is 11.8. The van der Waals surface area contributed by atoms with Gasteiger partial charge in [-0.3, -0.25) is 9.52 Å². The molecule has 0 aliphatic heterocycles. The van der Waals surface area contributed by atoms with Crippen LogP contribution in [0.25, 0.3) is 11.3 Å². The smallest absolute Gasteiger partial charge is 0.229 e. The Hall–Kier alpha value is -2.91. The molecular formula is C21H23N3O4S2. The van der Waals surface area contributed by atoms with Crippen molar-refractivity contribution in [1.82, 2.24) is 4.98 Å². The SMILES string of the molecule is COc1cc(NC(=O)Cc2sc(C)nc2-c2ccc(C)cc2)ccc1NS(C)(=O)=O. The van der Waals surface area contributed by atoms with E-state index in [0.29, 0.717) is 17.1 Å². The van der Waals surface area contributed by atoms with E-state index in [1.807, 2.05) is 38.1 Å². The number of sulfonamides is 1. The van der Waals surface area contributed by atoms with Crippen molar-refractivity contribution in [3.63, 3.8) is 0 Å². The van der Waals surface area contributed by atoms with Crippen LogP contribution in [-0.2, 0) is 21.2 Å². The number of aromatic nitrogens is 1. The number of carbonyl (C=O) groups excluding carboxylic acids is 1. The molecule has 2 aromatic carbocycles. The van der Waals surface area contributed by atoms with Crippen LogP contribution in [0.4, 0.5) is 11.4 Å². The van der Waals surface area contributed by atoms with Crippen LogP contribution in [-0.4, -0.2) is 32.7 Å². The predicted molar refractivity (Wildman–Crippen MR) is 121 cm³/mol. The third-order valence-electron chi connectivity index (χ3n) is 4.23. The van der Waals surface area contributed by atoms with Gasteiger partial charge in [0, 0.05) is 22.2 Å². The van der Waals surface area contributed by atoms with Gasteiger partial charge in [-0.25, -0.2) is 13.4 Å². The standard InChI is InChI=1S/C21H23N3O4S2/c1-13-5-7-15(8-6-13)21-19(29-14(2)22-21)12-20(25)23-16-9-10-17(18(11-16)28-3)24-30(4,26)27/h5-11,24H,12H2,1-4H3,(H,23,25). The molecule has 0 unspecified atom stereocenters. The van der Waals surface area contributed by atoms with Crippen molar-refractivity contribution >= 4 is 38.6 Å². The lowest BCUT2D eigenvalue weighted by Crippen LogP contribution is -2.15. The van der Waals surface area contributed by atoms with Crippen LogP contribution in [0.2, 0.25) is 0 Å². The van der Waals surface area contributed by atoms with Gasteiger partial charge in [0.1, 0.15) is 5.75 Å². The number of benzene rings is 2. The molecule has 7 nitrogen and oxygen atoms in total. The molecule has 1 heterocycles. The average Bonchev–Trinajstić information content (AvgIpc) is 3.02. The Morgan fingerprint density at radius 3 is 2.47 bits per heavy atom. The zero-order chi connectivity index (χ0) is 21.9. The summed E-state index contributed by atoms with van der Waals surface area (Å²) in [6.45, 7) is 3.94. The molecule has 0 aliphatic carbocycles. The van der Waals surface area contributed by atoms with Gasteiger partial charge in [0.2, 0.25) is 15.9 Å². The predicted octanol–water partition coefficient (Wildman–Crippen LogP) is 3.99. The number of methoxy groups -OCH3 is 1.